The van der Waals surface area contributed by atoms with Crippen molar-refractivity contribution in [3.63, 3.8) is 0 Å². The Bertz CT molecular complexity index is 801. The van der Waals surface area contributed by atoms with Gasteiger partial charge in [0.05, 0.1) is 18.9 Å². The Morgan fingerprint density at radius 3 is 2.69 bits per heavy atom. The average Bonchev–Trinajstić information content (AvgIpc) is 3.29. The molecule has 7 heteroatoms. The lowest BCUT2D eigenvalue weighted by Crippen LogP contribution is -2.49. The summed E-state index contributed by atoms with van der Waals surface area (Å²) in [5, 5.41) is 3.48. The Balaban J connectivity index is 0.00000240. The second-order valence-electron chi connectivity index (χ2n) is 8.25. The van der Waals surface area contributed by atoms with Gasteiger partial charge in [-0.3, -0.25) is 4.99 Å². The van der Waals surface area contributed by atoms with Crippen molar-refractivity contribution >= 4 is 29.9 Å². The fourth-order valence-corrected chi connectivity index (χ4v) is 4.24. The molecule has 1 N–H and O–H groups in total. The highest BCUT2D eigenvalue weighted by molar-refractivity contribution is 14.0. The third kappa shape index (κ3) is 4.92. The van der Waals surface area contributed by atoms with Crippen LogP contribution in [0.15, 0.2) is 48.0 Å². The van der Waals surface area contributed by atoms with E-state index in [0.29, 0.717) is 12.0 Å². The topological polar surface area (TPSA) is 45.5 Å². The largest absolute Gasteiger partial charge is 0.357 e. The third-order valence-corrected chi connectivity index (χ3v) is 6.30. The van der Waals surface area contributed by atoms with Gasteiger partial charge in [-0.05, 0) is 49.8 Å². The van der Waals surface area contributed by atoms with Gasteiger partial charge in [-0.25, -0.2) is 9.37 Å². The molecule has 1 aromatic heterocycles. The maximum Gasteiger partial charge on any atom is 0.194 e. The molecular formula is C22H31FIN5. The van der Waals surface area contributed by atoms with E-state index < -0.39 is 0 Å². The molecule has 2 aliphatic rings. The minimum absolute atomic E-state index is 0. The summed E-state index contributed by atoms with van der Waals surface area (Å²) in [7, 11) is 0. The van der Waals surface area contributed by atoms with Crippen molar-refractivity contribution < 1.29 is 4.39 Å². The van der Waals surface area contributed by atoms with Crippen LogP contribution >= 0.6 is 24.0 Å². The lowest BCUT2D eigenvalue weighted by molar-refractivity contribution is 0.189. The van der Waals surface area contributed by atoms with E-state index in [4.69, 9.17) is 4.99 Å². The van der Waals surface area contributed by atoms with Crippen LogP contribution in [0.5, 0.6) is 0 Å². The lowest BCUT2D eigenvalue weighted by Gasteiger charge is -2.39. The molecule has 2 atom stereocenters. The molecule has 1 saturated heterocycles. The van der Waals surface area contributed by atoms with E-state index in [1.54, 1.807) is 12.1 Å². The van der Waals surface area contributed by atoms with E-state index in [1.807, 2.05) is 24.7 Å². The number of likely N-dealkylation sites (tertiary alicyclic amines) is 1. The minimum Gasteiger partial charge on any atom is -0.357 e. The Morgan fingerprint density at radius 1 is 1.31 bits per heavy atom. The first-order valence-corrected chi connectivity index (χ1v) is 10.4. The smallest absolute Gasteiger partial charge is 0.194 e. The van der Waals surface area contributed by atoms with Crippen LogP contribution in [0.3, 0.4) is 0 Å². The SMILES string of the molecule is CCNC(=NCC1(c2ccc(F)cc2)CC1)N1CCC(C)C(n2ccnc2)C1.I. The molecule has 2 unspecified atom stereocenters. The number of piperidine rings is 1. The summed E-state index contributed by atoms with van der Waals surface area (Å²) in [4.78, 5) is 11.6. The number of aliphatic imine (C=N–C) groups is 1. The fourth-order valence-electron chi connectivity index (χ4n) is 4.24. The molecule has 158 valence electrons. The van der Waals surface area contributed by atoms with Crippen molar-refractivity contribution in [2.45, 2.75) is 44.6 Å². The van der Waals surface area contributed by atoms with Crippen molar-refractivity contribution in [3.8, 4) is 0 Å². The number of rotatable bonds is 5. The molecule has 1 aliphatic heterocycles. The molecule has 0 spiro atoms. The molecule has 0 radical (unpaired) electrons. The molecule has 2 aromatic rings. The van der Waals surface area contributed by atoms with E-state index >= 15 is 0 Å². The van der Waals surface area contributed by atoms with Crippen molar-refractivity contribution in [2.24, 2.45) is 10.9 Å². The number of guanidine groups is 1. The second-order valence-corrected chi connectivity index (χ2v) is 8.25. The molecule has 2 fully saturated rings. The van der Waals surface area contributed by atoms with Crippen LogP contribution in [0, 0.1) is 11.7 Å². The van der Waals surface area contributed by atoms with Crippen molar-refractivity contribution in [2.75, 3.05) is 26.2 Å². The summed E-state index contributed by atoms with van der Waals surface area (Å²) in [6.45, 7) is 7.99. The first-order valence-electron chi connectivity index (χ1n) is 10.4. The Labute approximate surface area is 189 Å². The molecular weight excluding hydrogens is 480 g/mol. The van der Waals surface area contributed by atoms with E-state index in [2.05, 4.69) is 39.8 Å². The first kappa shape index (κ1) is 22.1. The predicted octanol–water partition coefficient (Wildman–Crippen LogP) is 4.22. The molecule has 0 bridgehead atoms. The third-order valence-electron chi connectivity index (χ3n) is 6.30. The van der Waals surface area contributed by atoms with Gasteiger partial charge in [0, 0.05) is 37.4 Å². The number of hydrogen-bond acceptors (Lipinski definition) is 2. The van der Waals surface area contributed by atoms with Crippen molar-refractivity contribution in [3.05, 3.63) is 54.4 Å². The standard InChI is InChI=1S/C22H30FN5.HI/c1-3-25-21(26-15-22(9-10-22)18-4-6-19(23)7-5-18)27-12-8-17(2)20(14-27)28-13-11-24-16-28;/h4-7,11,13,16-17,20H,3,8-10,12,14-15H2,1-2H3,(H,25,26);1H. The molecule has 5 nitrogen and oxygen atoms in total. The van der Waals surface area contributed by atoms with Gasteiger partial charge in [0.25, 0.3) is 0 Å². The molecule has 1 aromatic carbocycles. The average molecular weight is 511 g/mol. The summed E-state index contributed by atoms with van der Waals surface area (Å²) in [5.41, 5.74) is 1.29. The second kappa shape index (κ2) is 9.45. The van der Waals surface area contributed by atoms with E-state index in [-0.39, 0.29) is 35.2 Å². The van der Waals surface area contributed by atoms with Crippen LogP contribution < -0.4 is 5.32 Å². The van der Waals surface area contributed by atoms with E-state index in [9.17, 15) is 4.39 Å². The van der Waals surface area contributed by atoms with E-state index in [1.165, 1.54) is 5.56 Å². The normalized spacial score (nSPS) is 23.4. The number of nitrogens with one attached hydrogen (secondary N) is 1. The highest BCUT2D eigenvalue weighted by Gasteiger charge is 2.44. The Morgan fingerprint density at radius 2 is 2.07 bits per heavy atom. The van der Waals surface area contributed by atoms with Gasteiger partial charge in [-0.15, -0.1) is 24.0 Å². The van der Waals surface area contributed by atoms with Crippen LogP contribution in [0.25, 0.3) is 0 Å². The summed E-state index contributed by atoms with van der Waals surface area (Å²) in [5.74, 6) is 1.43. The molecule has 4 rings (SSSR count). The molecule has 1 saturated carbocycles. The van der Waals surface area contributed by atoms with Crippen molar-refractivity contribution in [1.82, 2.24) is 19.8 Å². The van der Waals surface area contributed by atoms with Gasteiger partial charge in [0.2, 0.25) is 0 Å². The van der Waals surface area contributed by atoms with Crippen molar-refractivity contribution in [1.29, 1.82) is 0 Å². The number of halogens is 2. The number of benzene rings is 1. The van der Waals surface area contributed by atoms with Gasteiger partial charge in [0.15, 0.2) is 5.96 Å². The molecule has 0 amide bonds. The summed E-state index contributed by atoms with van der Waals surface area (Å²) in [6.07, 6.45) is 9.21. The van der Waals surface area contributed by atoms with Crippen LogP contribution in [0.4, 0.5) is 4.39 Å². The number of hydrogen-bond donors (Lipinski definition) is 1. The van der Waals surface area contributed by atoms with Gasteiger partial charge in [-0.2, -0.15) is 0 Å². The van der Waals surface area contributed by atoms with Crippen LogP contribution in [-0.2, 0) is 5.41 Å². The highest BCUT2D eigenvalue weighted by atomic mass is 127. The summed E-state index contributed by atoms with van der Waals surface area (Å²) in [6, 6.07) is 7.37. The molecule has 2 heterocycles. The Kier molecular flexibility index (Phi) is 7.19. The summed E-state index contributed by atoms with van der Waals surface area (Å²) < 4.78 is 15.5. The minimum atomic E-state index is -0.177. The zero-order chi connectivity index (χ0) is 19.6. The molecule has 29 heavy (non-hydrogen) atoms. The van der Waals surface area contributed by atoms with Crippen LogP contribution in [0.2, 0.25) is 0 Å². The van der Waals surface area contributed by atoms with Gasteiger partial charge >= 0.3 is 0 Å². The first-order chi connectivity index (χ1) is 13.6. The quantitative estimate of drug-likeness (QED) is 0.372. The fraction of sp³-hybridized carbons (Fsp3) is 0.545. The van der Waals surface area contributed by atoms with E-state index in [0.717, 1.165) is 51.4 Å². The number of nitrogens with zero attached hydrogens (tertiary/aromatic N) is 4. The monoisotopic (exact) mass is 511 g/mol. The van der Waals surface area contributed by atoms with Crippen LogP contribution in [-0.4, -0.2) is 46.6 Å². The highest BCUT2D eigenvalue weighted by Crippen LogP contribution is 2.48. The molecule has 1 aliphatic carbocycles. The van der Waals surface area contributed by atoms with Gasteiger partial charge < -0.3 is 14.8 Å². The summed E-state index contributed by atoms with van der Waals surface area (Å²) >= 11 is 0. The van der Waals surface area contributed by atoms with Gasteiger partial charge in [-0.1, -0.05) is 19.1 Å². The number of aromatic nitrogens is 2. The zero-order valence-electron chi connectivity index (χ0n) is 17.2. The van der Waals surface area contributed by atoms with Gasteiger partial charge in [0.1, 0.15) is 5.82 Å². The number of imidazole rings is 1. The maximum atomic E-state index is 13.3. The van der Waals surface area contributed by atoms with Crippen LogP contribution in [0.1, 0.15) is 44.7 Å². The zero-order valence-corrected chi connectivity index (χ0v) is 19.6. The lowest BCUT2D eigenvalue weighted by atomic mass is 9.93. The predicted molar refractivity (Wildman–Crippen MR) is 125 cm³/mol. The Hall–Kier alpha value is -1.64. The maximum absolute atomic E-state index is 13.3.